The molecule has 0 aromatic heterocycles. The van der Waals surface area contributed by atoms with Crippen LogP contribution < -0.4 is 4.90 Å². The quantitative estimate of drug-likeness (QED) is 0.847. The van der Waals surface area contributed by atoms with Crippen LogP contribution in [0.5, 0.6) is 0 Å². The predicted molar refractivity (Wildman–Crippen MR) is 78.3 cm³/mol. The van der Waals surface area contributed by atoms with E-state index in [0.717, 1.165) is 15.6 Å². The van der Waals surface area contributed by atoms with E-state index in [-0.39, 0.29) is 6.54 Å². The lowest BCUT2D eigenvalue weighted by atomic mass is 10.2. The van der Waals surface area contributed by atoms with Gasteiger partial charge in [0.25, 0.3) is 0 Å². The highest BCUT2D eigenvalue weighted by Gasteiger charge is 2.31. The molecule has 0 radical (unpaired) electrons. The van der Waals surface area contributed by atoms with Crippen molar-refractivity contribution < 1.29 is 18.3 Å². The van der Waals surface area contributed by atoms with Crippen molar-refractivity contribution in [3.05, 3.63) is 29.8 Å². The van der Waals surface area contributed by atoms with Gasteiger partial charge in [0.2, 0.25) is 10.0 Å². The van der Waals surface area contributed by atoms with Crippen LogP contribution in [0.4, 0.5) is 5.69 Å². The molecule has 0 heterocycles. The van der Waals surface area contributed by atoms with Crippen molar-refractivity contribution in [3.8, 4) is 0 Å². The molecule has 6 nitrogen and oxygen atoms in total. The molecule has 1 atom stereocenters. The van der Waals surface area contributed by atoms with Crippen LogP contribution in [0.3, 0.4) is 0 Å². The summed E-state index contributed by atoms with van der Waals surface area (Å²) in [6.07, 6.45) is 0. The number of hydrogen-bond donors (Lipinski definition) is 1. The van der Waals surface area contributed by atoms with E-state index >= 15 is 0 Å². The Bertz CT molecular complexity index is 567. The van der Waals surface area contributed by atoms with E-state index in [0.29, 0.717) is 0 Å². The van der Waals surface area contributed by atoms with Crippen LogP contribution in [-0.2, 0) is 21.4 Å². The van der Waals surface area contributed by atoms with Gasteiger partial charge in [-0.05, 0) is 24.6 Å². The number of carboxylic acid groups (broad SMARTS) is 1. The lowest BCUT2D eigenvalue weighted by Crippen LogP contribution is -2.38. The normalized spacial score (nSPS) is 13.2. The first kappa shape index (κ1) is 16.5. The molecular weight excluding hydrogens is 280 g/mol. The van der Waals surface area contributed by atoms with Gasteiger partial charge >= 0.3 is 5.97 Å². The summed E-state index contributed by atoms with van der Waals surface area (Å²) in [6, 6.07) is 7.42. The molecule has 7 heteroatoms. The Morgan fingerprint density at radius 3 is 2.10 bits per heavy atom. The summed E-state index contributed by atoms with van der Waals surface area (Å²) in [5.41, 5.74) is 1.82. The Morgan fingerprint density at radius 2 is 1.70 bits per heavy atom. The first-order valence-corrected chi connectivity index (χ1v) is 7.60. The topological polar surface area (TPSA) is 77.9 Å². The van der Waals surface area contributed by atoms with E-state index in [9.17, 15) is 13.2 Å². The van der Waals surface area contributed by atoms with Crippen molar-refractivity contribution in [2.75, 3.05) is 26.0 Å². The van der Waals surface area contributed by atoms with Crippen molar-refractivity contribution in [2.24, 2.45) is 0 Å². The minimum atomic E-state index is -3.84. The predicted octanol–water partition coefficient (Wildman–Crippen LogP) is 0.987. The van der Waals surface area contributed by atoms with Gasteiger partial charge in [-0.25, -0.2) is 8.42 Å². The van der Waals surface area contributed by atoms with Crippen molar-refractivity contribution in [1.29, 1.82) is 0 Å². The minimum Gasteiger partial charge on any atom is -0.480 e. The van der Waals surface area contributed by atoms with Gasteiger partial charge in [-0.15, -0.1) is 0 Å². The van der Waals surface area contributed by atoms with Crippen LogP contribution >= 0.6 is 0 Å². The second-order valence-corrected chi connectivity index (χ2v) is 7.20. The lowest BCUT2D eigenvalue weighted by Gasteiger charge is -2.20. The zero-order chi connectivity index (χ0) is 15.5. The molecule has 0 fully saturated rings. The number of anilines is 1. The number of aliphatic carboxylic acids is 1. The van der Waals surface area contributed by atoms with E-state index in [1.807, 2.05) is 43.3 Å². The van der Waals surface area contributed by atoms with Crippen molar-refractivity contribution in [2.45, 2.75) is 18.7 Å². The van der Waals surface area contributed by atoms with E-state index in [4.69, 9.17) is 5.11 Å². The number of benzene rings is 1. The van der Waals surface area contributed by atoms with Crippen LogP contribution in [0.15, 0.2) is 24.3 Å². The average molecular weight is 300 g/mol. The molecule has 112 valence electrons. The van der Waals surface area contributed by atoms with Crippen molar-refractivity contribution in [1.82, 2.24) is 4.31 Å². The highest BCUT2D eigenvalue weighted by atomic mass is 32.2. The molecule has 1 N–H and O–H groups in total. The van der Waals surface area contributed by atoms with Gasteiger partial charge in [-0.2, -0.15) is 4.31 Å². The Labute approximate surface area is 119 Å². The molecule has 1 rings (SSSR count). The van der Waals surface area contributed by atoms with Gasteiger partial charge in [-0.1, -0.05) is 12.1 Å². The fourth-order valence-corrected chi connectivity index (χ4v) is 2.77. The molecule has 0 saturated carbocycles. The Hall–Kier alpha value is -1.60. The number of rotatable bonds is 6. The maximum atomic E-state index is 12.0. The smallest absolute Gasteiger partial charge is 0.323 e. The second-order valence-electron chi connectivity index (χ2n) is 4.84. The maximum absolute atomic E-state index is 12.0. The van der Waals surface area contributed by atoms with Crippen LogP contribution in [0.2, 0.25) is 0 Å². The molecular formula is C13H20N2O4S. The van der Waals surface area contributed by atoms with E-state index in [2.05, 4.69) is 0 Å². The van der Waals surface area contributed by atoms with Gasteiger partial charge in [0.05, 0.1) is 0 Å². The zero-order valence-electron chi connectivity index (χ0n) is 12.1. The van der Waals surface area contributed by atoms with E-state index < -0.39 is 21.2 Å². The molecule has 0 aliphatic carbocycles. The fraction of sp³-hybridized carbons (Fsp3) is 0.462. The third-order valence-corrected chi connectivity index (χ3v) is 5.18. The highest BCUT2D eigenvalue weighted by Crippen LogP contribution is 2.16. The largest absolute Gasteiger partial charge is 0.480 e. The Morgan fingerprint density at radius 1 is 1.20 bits per heavy atom. The summed E-state index contributed by atoms with van der Waals surface area (Å²) in [5.74, 6) is -1.35. The van der Waals surface area contributed by atoms with Crippen LogP contribution in [0, 0.1) is 0 Å². The molecule has 0 aliphatic rings. The number of nitrogens with zero attached hydrogens (tertiary/aromatic N) is 2. The number of carboxylic acids is 1. The summed E-state index contributed by atoms with van der Waals surface area (Å²) >= 11 is 0. The molecule has 1 aromatic carbocycles. The van der Waals surface area contributed by atoms with E-state index in [1.165, 1.54) is 14.0 Å². The molecule has 1 aromatic rings. The Balaban J connectivity index is 2.85. The summed E-state index contributed by atoms with van der Waals surface area (Å²) in [6.45, 7) is 1.32. The van der Waals surface area contributed by atoms with Crippen LogP contribution in [0.25, 0.3) is 0 Å². The molecule has 20 heavy (non-hydrogen) atoms. The minimum absolute atomic E-state index is 0.146. The molecule has 0 spiro atoms. The van der Waals surface area contributed by atoms with Gasteiger partial charge in [0, 0.05) is 33.4 Å². The fourth-order valence-electron chi connectivity index (χ4n) is 1.64. The van der Waals surface area contributed by atoms with Crippen LogP contribution in [0.1, 0.15) is 12.5 Å². The average Bonchev–Trinajstić information content (AvgIpc) is 2.38. The third kappa shape index (κ3) is 3.71. The first-order chi connectivity index (χ1) is 9.16. The number of sulfonamides is 1. The lowest BCUT2D eigenvalue weighted by molar-refractivity contribution is -0.136. The zero-order valence-corrected chi connectivity index (χ0v) is 12.9. The number of carbonyl (C=O) groups is 1. The SMILES string of the molecule is CC(C(=O)O)S(=O)(=O)N(C)Cc1ccc(N(C)C)cc1. The van der Waals surface area contributed by atoms with Gasteiger partial charge in [-0.3, -0.25) is 4.79 Å². The first-order valence-electron chi connectivity index (χ1n) is 6.10. The van der Waals surface area contributed by atoms with Gasteiger partial charge in [0.15, 0.2) is 5.25 Å². The van der Waals surface area contributed by atoms with Gasteiger partial charge < -0.3 is 10.0 Å². The summed E-state index contributed by atoms with van der Waals surface area (Å²) in [5, 5.41) is 7.37. The molecule has 0 aliphatic heterocycles. The van der Waals surface area contributed by atoms with Gasteiger partial charge in [0.1, 0.15) is 0 Å². The standard InChI is InChI=1S/C13H20N2O4S/c1-10(13(16)17)20(18,19)15(4)9-11-5-7-12(8-6-11)14(2)3/h5-8,10H,9H2,1-4H3,(H,16,17). The monoisotopic (exact) mass is 300 g/mol. The summed E-state index contributed by atoms with van der Waals surface area (Å²) in [4.78, 5) is 12.8. The summed E-state index contributed by atoms with van der Waals surface area (Å²) in [7, 11) is 1.38. The number of hydrogen-bond acceptors (Lipinski definition) is 4. The molecule has 0 saturated heterocycles. The highest BCUT2D eigenvalue weighted by molar-refractivity contribution is 7.90. The Kier molecular flexibility index (Phi) is 5.13. The van der Waals surface area contributed by atoms with Crippen molar-refractivity contribution >= 4 is 21.7 Å². The van der Waals surface area contributed by atoms with Crippen LogP contribution in [-0.4, -0.2) is 50.2 Å². The molecule has 1 unspecified atom stereocenters. The summed E-state index contributed by atoms with van der Waals surface area (Å²) < 4.78 is 25.0. The van der Waals surface area contributed by atoms with E-state index in [1.54, 1.807) is 0 Å². The molecule has 0 bridgehead atoms. The molecule has 0 amide bonds. The third-order valence-electron chi connectivity index (χ3n) is 3.09. The maximum Gasteiger partial charge on any atom is 0.323 e. The van der Waals surface area contributed by atoms with Crippen molar-refractivity contribution in [3.63, 3.8) is 0 Å². The second kappa shape index (κ2) is 6.23.